The average molecular weight is 247 g/mol. The van der Waals surface area contributed by atoms with Gasteiger partial charge in [-0.1, -0.05) is 12.5 Å². The van der Waals surface area contributed by atoms with E-state index in [1.165, 1.54) is 31.4 Å². The van der Waals surface area contributed by atoms with Crippen molar-refractivity contribution in [2.75, 3.05) is 25.0 Å². The summed E-state index contributed by atoms with van der Waals surface area (Å²) in [4.78, 5) is 7.18. The van der Waals surface area contributed by atoms with Crippen LogP contribution in [0.4, 0.5) is 5.82 Å². The van der Waals surface area contributed by atoms with Crippen LogP contribution in [-0.2, 0) is 6.54 Å². The molecule has 2 rings (SSSR count). The molecule has 0 bridgehead atoms. The Morgan fingerprint density at radius 3 is 2.67 bits per heavy atom. The van der Waals surface area contributed by atoms with Gasteiger partial charge >= 0.3 is 0 Å². The van der Waals surface area contributed by atoms with E-state index in [1.54, 1.807) is 0 Å². The van der Waals surface area contributed by atoms with E-state index in [0.29, 0.717) is 0 Å². The first kappa shape index (κ1) is 13.3. The van der Waals surface area contributed by atoms with Gasteiger partial charge in [0.1, 0.15) is 5.82 Å². The minimum absolute atomic E-state index is 0.893. The number of pyridine rings is 1. The molecule has 0 aliphatic heterocycles. The van der Waals surface area contributed by atoms with E-state index < -0.39 is 0 Å². The largest absolute Gasteiger partial charge is 0.357 e. The highest BCUT2D eigenvalue weighted by atomic mass is 15.2. The maximum absolute atomic E-state index is 4.76. The average Bonchev–Trinajstić information content (AvgIpc) is 2.31. The number of aryl methyl sites for hydroxylation is 1. The standard InChI is InChI=1S/C15H25N3/c1-4-18(11-13-6-5-7-13)15-9-8-14(10-16-3)12(2)17-15/h8-9,13,16H,4-7,10-11H2,1-3H3. The summed E-state index contributed by atoms with van der Waals surface area (Å²) in [6.45, 7) is 7.45. The van der Waals surface area contributed by atoms with E-state index in [4.69, 9.17) is 4.98 Å². The van der Waals surface area contributed by atoms with Crippen molar-refractivity contribution < 1.29 is 0 Å². The van der Waals surface area contributed by atoms with Crippen LogP contribution in [0.25, 0.3) is 0 Å². The fourth-order valence-corrected chi connectivity index (χ4v) is 2.50. The second kappa shape index (κ2) is 6.19. The van der Waals surface area contributed by atoms with Gasteiger partial charge in [0.25, 0.3) is 0 Å². The molecule has 1 heterocycles. The van der Waals surface area contributed by atoms with E-state index >= 15 is 0 Å². The summed E-state index contributed by atoms with van der Waals surface area (Å²) in [6, 6.07) is 4.37. The third kappa shape index (κ3) is 3.02. The minimum Gasteiger partial charge on any atom is -0.357 e. The summed E-state index contributed by atoms with van der Waals surface area (Å²) in [5, 5.41) is 3.18. The summed E-state index contributed by atoms with van der Waals surface area (Å²) in [5.74, 6) is 2.03. The highest BCUT2D eigenvalue weighted by Crippen LogP contribution is 2.28. The molecule has 1 aliphatic carbocycles. The molecular weight excluding hydrogens is 222 g/mol. The van der Waals surface area contributed by atoms with E-state index in [1.807, 2.05) is 7.05 Å². The van der Waals surface area contributed by atoms with Crippen LogP contribution in [0, 0.1) is 12.8 Å². The lowest BCUT2D eigenvalue weighted by Crippen LogP contribution is -2.33. The van der Waals surface area contributed by atoms with Gasteiger partial charge in [-0.3, -0.25) is 0 Å². The molecule has 1 aromatic heterocycles. The second-order valence-corrected chi connectivity index (χ2v) is 5.28. The van der Waals surface area contributed by atoms with Crippen molar-refractivity contribution in [3.05, 3.63) is 23.4 Å². The first-order valence-corrected chi connectivity index (χ1v) is 7.10. The smallest absolute Gasteiger partial charge is 0.128 e. The lowest BCUT2D eigenvalue weighted by atomic mass is 9.85. The number of hydrogen-bond acceptors (Lipinski definition) is 3. The van der Waals surface area contributed by atoms with Crippen molar-refractivity contribution in [3.8, 4) is 0 Å². The Morgan fingerprint density at radius 1 is 1.39 bits per heavy atom. The summed E-state index contributed by atoms with van der Waals surface area (Å²) < 4.78 is 0. The number of nitrogens with one attached hydrogen (secondary N) is 1. The van der Waals surface area contributed by atoms with Gasteiger partial charge in [-0.15, -0.1) is 0 Å². The monoisotopic (exact) mass is 247 g/mol. The third-order valence-corrected chi connectivity index (χ3v) is 3.96. The number of aromatic nitrogens is 1. The van der Waals surface area contributed by atoms with E-state index in [0.717, 1.165) is 30.5 Å². The Bertz CT molecular complexity index is 385. The van der Waals surface area contributed by atoms with E-state index in [2.05, 4.69) is 36.2 Å². The van der Waals surface area contributed by atoms with E-state index in [-0.39, 0.29) is 0 Å². The van der Waals surface area contributed by atoms with Crippen LogP contribution < -0.4 is 10.2 Å². The molecule has 0 saturated heterocycles. The second-order valence-electron chi connectivity index (χ2n) is 5.28. The fraction of sp³-hybridized carbons (Fsp3) is 0.667. The first-order valence-electron chi connectivity index (χ1n) is 7.10. The molecule has 0 spiro atoms. The molecule has 18 heavy (non-hydrogen) atoms. The van der Waals surface area contributed by atoms with Gasteiger partial charge in [0.15, 0.2) is 0 Å². The SMILES string of the molecule is CCN(CC1CCC1)c1ccc(CNC)c(C)n1. The molecule has 1 N–H and O–H groups in total. The maximum Gasteiger partial charge on any atom is 0.128 e. The zero-order valence-electron chi connectivity index (χ0n) is 11.9. The normalized spacial score (nSPS) is 15.5. The summed E-state index contributed by atoms with van der Waals surface area (Å²) in [6.07, 6.45) is 4.20. The minimum atomic E-state index is 0.893. The topological polar surface area (TPSA) is 28.2 Å². The Morgan fingerprint density at radius 2 is 2.17 bits per heavy atom. The number of anilines is 1. The van der Waals surface area contributed by atoms with Crippen LogP contribution in [-0.4, -0.2) is 25.1 Å². The number of rotatable bonds is 6. The molecule has 1 aromatic rings. The predicted octanol–water partition coefficient (Wildman–Crippen LogP) is 2.74. The van der Waals surface area contributed by atoms with Crippen LogP contribution in [0.1, 0.15) is 37.4 Å². The van der Waals surface area contributed by atoms with Gasteiger partial charge in [-0.05, 0) is 51.3 Å². The Labute approximate surface area is 111 Å². The van der Waals surface area contributed by atoms with Crippen molar-refractivity contribution in [1.29, 1.82) is 0 Å². The van der Waals surface area contributed by atoms with Crippen LogP contribution >= 0.6 is 0 Å². The van der Waals surface area contributed by atoms with Gasteiger partial charge in [-0.2, -0.15) is 0 Å². The Hall–Kier alpha value is -1.09. The molecule has 3 heteroatoms. The molecular formula is C15H25N3. The van der Waals surface area contributed by atoms with Crippen molar-refractivity contribution in [2.45, 2.75) is 39.7 Å². The summed E-state index contributed by atoms with van der Waals surface area (Å²) in [5.41, 5.74) is 2.44. The van der Waals surface area contributed by atoms with Gasteiger partial charge in [0.05, 0.1) is 0 Å². The van der Waals surface area contributed by atoms with Crippen LogP contribution in [0.2, 0.25) is 0 Å². The van der Waals surface area contributed by atoms with Crippen LogP contribution in [0.5, 0.6) is 0 Å². The molecule has 0 unspecified atom stereocenters. The quantitative estimate of drug-likeness (QED) is 0.838. The van der Waals surface area contributed by atoms with Crippen LogP contribution in [0.15, 0.2) is 12.1 Å². The van der Waals surface area contributed by atoms with Gasteiger partial charge < -0.3 is 10.2 Å². The van der Waals surface area contributed by atoms with Gasteiger partial charge in [0.2, 0.25) is 0 Å². The van der Waals surface area contributed by atoms with Crippen molar-refractivity contribution in [2.24, 2.45) is 5.92 Å². The zero-order chi connectivity index (χ0) is 13.0. The van der Waals surface area contributed by atoms with Gasteiger partial charge in [-0.25, -0.2) is 4.98 Å². The molecule has 0 atom stereocenters. The van der Waals surface area contributed by atoms with Crippen molar-refractivity contribution >= 4 is 5.82 Å². The molecule has 1 aliphatic rings. The highest BCUT2D eigenvalue weighted by Gasteiger charge is 2.20. The molecule has 0 amide bonds. The highest BCUT2D eigenvalue weighted by molar-refractivity contribution is 5.41. The Kier molecular flexibility index (Phi) is 4.59. The van der Waals surface area contributed by atoms with Crippen molar-refractivity contribution in [3.63, 3.8) is 0 Å². The van der Waals surface area contributed by atoms with Crippen molar-refractivity contribution in [1.82, 2.24) is 10.3 Å². The van der Waals surface area contributed by atoms with E-state index in [9.17, 15) is 0 Å². The predicted molar refractivity (Wildman–Crippen MR) is 77.0 cm³/mol. The summed E-state index contributed by atoms with van der Waals surface area (Å²) >= 11 is 0. The first-order chi connectivity index (χ1) is 8.74. The summed E-state index contributed by atoms with van der Waals surface area (Å²) in [7, 11) is 1.97. The molecule has 0 radical (unpaired) electrons. The molecule has 1 saturated carbocycles. The number of nitrogens with zero attached hydrogens (tertiary/aromatic N) is 2. The van der Waals surface area contributed by atoms with Crippen LogP contribution in [0.3, 0.4) is 0 Å². The molecule has 3 nitrogen and oxygen atoms in total. The lowest BCUT2D eigenvalue weighted by molar-refractivity contribution is 0.318. The fourth-order valence-electron chi connectivity index (χ4n) is 2.50. The lowest BCUT2D eigenvalue weighted by Gasteiger charge is -2.32. The maximum atomic E-state index is 4.76. The number of hydrogen-bond donors (Lipinski definition) is 1. The molecule has 1 fully saturated rings. The molecule has 0 aromatic carbocycles. The van der Waals surface area contributed by atoms with Gasteiger partial charge in [0, 0.05) is 25.3 Å². The zero-order valence-corrected chi connectivity index (χ0v) is 11.9. The molecule has 100 valence electrons. The third-order valence-electron chi connectivity index (χ3n) is 3.96. The Balaban J connectivity index is 2.07.